The van der Waals surface area contributed by atoms with Gasteiger partial charge in [0.2, 0.25) is 11.8 Å². The summed E-state index contributed by atoms with van der Waals surface area (Å²) in [6, 6.07) is 21.6. The first-order valence-electron chi connectivity index (χ1n) is 10.6. The molecule has 2 heterocycles. The van der Waals surface area contributed by atoms with Crippen molar-refractivity contribution in [2.24, 2.45) is 15.2 Å². The van der Waals surface area contributed by atoms with Gasteiger partial charge in [-0.25, -0.2) is 5.01 Å². The third kappa shape index (κ3) is 4.44. The topological polar surface area (TPSA) is 163 Å². The van der Waals surface area contributed by atoms with Gasteiger partial charge < -0.3 is 10.8 Å². The number of guanidine groups is 1. The third-order valence-electron chi connectivity index (χ3n) is 5.57. The number of benzene rings is 3. The van der Waals surface area contributed by atoms with E-state index < -0.39 is 21.6 Å². The number of hydrogen-bond acceptors (Lipinski definition) is 7. The maximum atomic E-state index is 13.1. The molecule has 3 aromatic carbocycles. The molecule has 1 aliphatic rings. The van der Waals surface area contributed by atoms with Gasteiger partial charge in [-0.3, -0.25) is 0 Å². The largest absolute Gasteiger partial charge is 0.377 e. The molecule has 1 atom stereocenters. The molecule has 0 spiro atoms. The van der Waals surface area contributed by atoms with E-state index in [1.54, 1.807) is 54.6 Å². The van der Waals surface area contributed by atoms with Crippen LogP contribution >= 0.6 is 11.6 Å². The number of H-pyrrole nitrogens is 1. The molecule has 11 nitrogen and oxygen atoms in total. The average Bonchev–Trinajstić information content (AvgIpc) is 3.54. The fourth-order valence-electron chi connectivity index (χ4n) is 3.81. The molecule has 0 amide bonds. The number of hydrogen-bond donors (Lipinski definition) is 3. The lowest BCUT2D eigenvalue weighted by Crippen LogP contribution is -2.42. The fourth-order valence-corrected chi connectivity index (χ4v) is 4.91. The molecule has 0 aliphatic carbocycles. The molecule has 13 heteroatoms. The Morgan fingerprint density at radius 1 is 1.06 bits per heavy atom. The number of halogens is 1. The summed E-state index contributed by atoms with van der Waals surface area (Å²) in [5.41, 5.74) is 6.39. The summed E-state index contributed by atoms with van der Waals surface area (Å²) in [7, 11) is -4.23. The number of sulfonamides is 1. The molecule has 4 N–H and O–H groups in total. The summed E-state index contributed by atoms with van der Waals surface area (Å²) in [6.45, 7) is -0.150. The van der Waals surface area contributed by atoms with Crippen molar-refractivity contribution in [3.05, 3.63) is 95.0 Å². The Labute approximate surface area is 211 Å². The van der Waals surface area contributed by atoms with Crippen molar-refractivity contribution in [1.29, 1.82) is 0 Å². The molecule has 4 aromatic rings. The molecule has 0 saturated heterocycles. The summed E-state index contributed by atoms with van der Waals surface area (Å²) in [6.07, 6.45) is 0. The summed E-state index contributed by atoms with van der Waals surface area (Å²) < 4.78 is 29.9. The molecule has 0 fully saturated rings. The van der Waals surface area contributed by atoms with Gasteiger partial charge in [-0.2, -0.15) is 18.7 Å². The van der Waals surface area contributed by atoms with E-state index >= 15 is 0 Å². The van der Waals surface area contributed by atoms with Crippen molar-refractivity contribution in [1.82, 2.24) is 25.6 Å². The van der Waals surface area contributed by atoms with Gasteiger partial charge in [0, 0.05) is 16.1 Å². The lowest BCUT2D eigenvalue weighted by atomic mass is 9.86. The minimum Gasteiger partial charge on any atom is -0.377 e. The van der Waals surface area contributed by atoms with E-state index in [2.05, 4.69) is 30.1 Å². The van der Waals surface area contributed by atoms with Crippen LogP contribution in [0.4, 0.5) is 0 Å². The fraction of sp³-hybridized carbons (Fsp3) is 0.0870. The number of nitrogens with one attached hydrogen (secondary N) is 1. The van der Waals surface area contributed by atoms with Crippen LogP contribution in [0.25, 0.3) is 11.4 Å². The number of nitrogens with zero attached hydrogens (tertiary/aromatic N) is 6. The number of nitrogens with two attached hydrogens (primary N) is 1. The van der Waals surface area contributed by atoms with Crippen LogP contribution < -0.4 is 5.73 Å². The Bertz CT molecular complexity index is 1560. The van der Waals surface area contributed by atoms with Crippen molar-refractivity contribution >= 4 is 33.3 Å². The average molecular weight is 523 g/mol. The number of aromatic amines is 1. The molecule has 182 valence electrons. The number of aromatic nitrogens is 4. The highest BCUT2D eigenvalue weighted by Gasteiger charge is 2.44. The summed E-state index contributed by atoms with van der Waals surface area (Å²) >= 11 is 6.03. The van der Waals surface area contributed by atoms with Gasteiger partial charge in [-0.05, 0) is 35.0 Å². The molecular weight excluding hydrogens is 504 g/mol. The molecule has 1 aliphatic heterocycles. The van der Waals surface area contributed by atoms with Crippen LogP contribution in [0, 0.1) is 0 Å². The predicted molar refractivity (Wildman–Crippen MR) is 133 cm³/mol. The number of hydrazone groups is 1. The maximum absolute atomic E-state index is 13.1. The number of tetrazole rings is 1. The monoisotopic (exact) mass is 522 g/mol. The van der Waals surface area contributed by atoms with E-state index in [9.17, 15) is 13.5 Å². The normalized spacial score (nSPS) is 18.3. The molecule has 1 aromatic heterocycles. The van der Waals surface area contributed by atoms with Crippen molar-refractivity contribution in [3.8, 4) is 11.4 Å². The van der Waals surface area contributed by atoms with Gasteiger partial charge in [0.15, 0.2) is 5.60 Å². The SMILES string of the molecule is N/C(=N\S(=O)(=O)c1cccc(-c2nn[nH]n2)c1)N1CC(O)(c2ccccc2)C(c2ccc(Cl)cc2)=N1. The zero-order chi connectivity index (χ0) is 25.3. The van der Waals surface area contributed by atoms with E-state index in [4.69, 9.17) is 17.3 Å². The molecule has 0 radical (unpaired) electrons. The van der Waals surface area contributed by atoms with Crippen molar-refractivity contribution in [2.75, 3.05) is 6.54 Å². The second-order valence-corrected chi connectivity index (χ2v) is 9.97. The smallest absolute Gasteiger partial charge is 0.285 e. The lowest BCUT2D eigenvalue weighted by molar-refractivity contribution is 0.104. The first-order chi connectivity index (χ1) is 17.3. The minimum absolute atomic E-state index is 0.118. The maximum Gasteiger partial charge on any atom is 0.285 e. The van der Waals surface area contributed by atoms with E-state index in [0.717, 1.165) is 5.01 Å². The number of aliphatic hydroxyl groups is 1. The highest BCUT2D eigenvalue weighted by Crippen LogP contribution is 2.33. The van der Waals surface area contributed by atoms with E-state index in [1.807, 2.05) is 6.07 Å². The third-order valence-corrected chi connectivity index (χ3v) is 7.10. The van der Waals surface area contributed by atoms with Gasteiger partial charge in [0.1, 0.15) is 5.71 Å². The quantitative estimate of drug-likeness (QED) is 0.265. The van der Waals surface area contributed by atoms with Crippen LogP contribution in [0.1, 0.15) is 11.1 Å². The lowest BCUT2D eigenvalue weighted by Gasteiger charge is -2.25. The zero-order valence-electron chi connectivity index (χ0n) is 18.5. The van der Waals surface area contributed by atoms with Crippen LogP contribution in [0.15, 0.2) is 93.3 Å². The first kappa shape index (κ1) is 23.6. The van der Waals surface area contributed by atoms with Gasteiger partial charge in [-0.15, -0.1) is 14.6 Å². The Kier molecular flexibility index (Phi) is 6.00. The molecule has 0 bridgehead atoms. The van der Waals surface area contributed by atoms with E-state index in [-0.39, 0.29) is 23.0 Å². The molecule has 1 unspecified atom stereocenters. The molecule has 5 rings (SSSR count). The minimum atomic E-state index is -4.23. The molecule has 36 heavy (non-hydrogen) atoms. The molecule has 0 saturated carbocycles. The standard InChI is InChI=1S/C23H19ClN8O3S/c24-18-11-9-15(10-12-18)20-23(33,17-6-2-1-3-7-17)14-32(28-20)22(25)29-36(34,35)19-8-4-5-16(13-19)21-26-30-31-27-21/h1-13,33H,14H2,(H2,25,29)(H,26,27,30,31). The van der Waals surface area contributed by atoms with Crippen molar-refractivity contribution in [2.45, 2.75) is 10.5 Å². The highest BCUT2D eigenvalue weighted by molar-refractivity contribution is 7.90. The Morgan fingerprint density at radius 2 is 1.81 bits per heavy atom. The predicted octanol–water partition coefficient (Wildman–Crippen LogP) is 2.13. The van der Waals surface area contributed by atoms with Crippen LogP contribution in [0.5, 0.6) is 0 Å². The zero-order valence-corrected chi connectivity index (χ0v) is 20.1. The summed E-state index contributed by atoms with van der Waals surface area (Å²) in [5.74, 6) is -0.174. The van der Waals surface area contributed by atoms with Gasteiger partial charge in [-0.1, -0.05) is 66.2 Å². The van der Waals surface area contributed by atoms with Crippen LogP contribution in [-0.2, 0) is 15.6 Å². The second-order valence-electron chi connectivity index (χ2n) is 7.93. The van der Waals surface area contributed by atoms with Crippen molar-refractivity contribution < 1.29 is 13.5 Å². The Morgan fingerprint density at radius 3 is 2.50 bits per heavy atom. The highest BCUT2D eigenvalue weighted by atomic mass is 35.5. The van der Waals surface area contributed by atoms with Crippen LogP contribution in [0.3, 0.4) is 0 Å². The Balaban J connectivity index is 1.52. The second kappa shape index (κ2) is 9.15. The van der Waals surface area contributed by atoms with Crippen LogP contribution in [0.2, 0.25) is 5.02 Å². The van der Waals surface area contributed by atoms with E-state index in [0.29, 0.717) is 21.7 Å². The van der Waals surface area contributed by atoms with Crippen LogP contribution in [-0.4, -0.2) is 57.4 Å². The number of β-amino-alcohol motifs (C(OH)–C–C–N with tert-alkyl or cyclic N) is 1. The van der Waals surface area contributed by atoms with Gasteiger partial charge >= 0.3 is 0 Å². The first-order valence-corrected chi connectivity index (χ1v) is 12.4. The number of rotatable bonds is 5. The van der Waals surface area contributed by atoms with E-state index in [1.165, 1.54) is 18.2 Å². The van der Waals surface area contributed by atoms with Gasteiger partial charge in [0.25, 0.3) is 10.0 Å². The van der Waals surface area contributed by atoms with Crippen molar-refractivity contribution in [3.63, 3.8) is 0 Å². The Hall–Kier alpha value is -4.13. The molecular formula is C23H19ClN8O3S. The summed E-state index contributed by atoms with van der Waals surface area (Å²) in [4.78, 5) is -0.118. The van der Waals surface area contributed by atoms with Gasteiger partial charge in [0.05, 0.1) is 11.4 Å². The summed E-state index contributed by atoms with van der Waals surface area (Å²) in [5, 5.41) is 31.4.